The first kappa shape index (κ1) is 41.3. The monoisotopic (exact) mass is 780 g/mol. The summed E-state index contributed by atoms with van der Waals surface area (Å²) in [5.74, 6) is -1.69. The number of benzene rings is 2. The average Bonchev–Trinajstić information content (AvgIpc) is 4.03. The number of unbranched alkanes of at least 4 members (excludes halogenated alkanes) is 1. The van der Waals surface area contributed by atoms with Crippen molar-refractivity contribution in [2.75, 3.05) is 12.3 Å². The highest BCUT2D eigenvalue weighted by molar-refractivity contribution is 8.00. The van der Waals surface area contributed by atoms with Gasteiger partial charge in [-0.15, -0.1) is 18.3 Å². The summed E-state index contributed by atoms with van der Waals surface area (Å²) in [6, 6.07) is 15.9. The summed E-state index contributed by atoms with van der Waals surface area (Å²) in [6.45, 7) is 16.7. The van der Waals surface area contributed by atoms with E-state index in [0.29, 0.717) is 12.8 Å². The Bertz CT molecular complexity index is 1850. The SMILES string of the molecule is C=C[C@@H]1C[C@]1(NC(=O)[C@@H]1C[C@@](SCCCC)(c2ccc(-c3ccccc3)cc2)CN1C(=O)[C@@H](N(C(=O)O)C(C)(C)C)C(C)(C)C)C(=O)NS(=O)(=O)C1CC1. The number of amides is 4. The van der Waals surface area contributed by atoms with Crippen LogP contribution in [0.5, 0.6) is 0 Å². The van der Waals surface area contributed by atoms with E-state index in [0.717, 1.165) is 35.3 Å². The zero-order chi connectivity index (χ0) is 39.9. The number of sulfonamides is 1. The topological polar surface area (TPSA) is 153 Å². The van der Waals surface area contributed by atoms with Crippen molar-refractivity contribution in [3.8, 4) is 11.1 Å². The van der Waals surface area contributed by atoms with Crippen LogP contribution in [0.4, 0.5) is 4.79 Å². The number of carboxylic acid groups (broad SMARTS) is 1. The van der Waals surface area contributed by atoms with Crippen LogP contribution in [0, 0.1) is 11.3 Å². The quantitative estimate of drug-likeness (QED) is 0.144. The molecule has 5 rings (SSSR count). The lowest BCUT2D eigenvalue weighted by Gasteiger charge is -2.46. The molecule has 0 radical (unpaired) electrons. The summed E-state index contributed by atoms with van der Waals surface area (Å²) in [6.07, 6.45) is 3.41. The van der Waals surface area contributed by atoms with E-state index in [1.807, 2.05) is 75.4 Å². The molecule has 3 fully saturated rings. The molecule has 0 spiro atoms. The molecule has 1 saturated heterocycles. The van der Waals surface area contributed by atoms with E-state index in [1.165, 1.54) is 15.9 Å². The first-order chi connectivity index (χ1) is 25.2. The van der Waals surface area contributed by atoms with E-state index in [1.54, 1.807) is 32.5 Å². The summed E-state index contributed by atoms with van der Waals surface area (Å²) in [5.41, 5.74) is -0.388. The van der Waals surface area contributed by atoms with E-state index in [-0.39, 0.29) is 19.4 Å². The molecular weight excluding hydrogens is 725 g/mol. The fraction of sp³-hybridized carbons (Fsp3) is 0.561. The Labute approximate surface area is 324 Å². The third-order valence-corrected chi connectivity index (χ3v) is 14.2. The molecular formula is C41H56N4O7S2. The molecule has 0 bridgehead atoms. The minimum absolute atomic E-state index is 0.118. The van der Waals surface area contributed by atoms with Crippen LogP contribution in [0.2, 0.25) is 0 Å². The number of rotatable bonds is 14. The van der Waals surface area contributed by atoms with Gasteiger partial charge in [0.15, 0.2) is 0 Å². The Morgan fingerprint density at radius 2 is 1.61 bits per heavy atom. The fourth-order valence-corrected chi connectivity index (χ4v) is 10.6. The van der Waals surface area contributed by atoms with E-state index < -0.39 is 78.3 Å². The van der Waals surface area contributed by atoms with E-state index in [2.05, 4.69) is 23.5 Å². The first-order valence-corrected chi connectivity index (χ1v) is 21.4. The van der Waals surface area contributed by atoms with E-state index in [4.69, 9.17) is 0 Å². The van der Waals surface area contributed by atoms with Crippen LogP contribution in [-0.2, 0) is 29.2 Å². The Morgan fingerprint density at radius 1 is 1.00 bits per heavy atom. The number of thioether (sulfide) groups is 1. The Balaban J connectivity index is 1.59. The van der Waals surface area contributed by atoms with Gasteiger partial charge >= 0.3 is 6.09 Å². The van der Waals surface area contributed by atoms with Gasteiger partial charge in [0, 0.05) is 18.0 Å². The van der Waals surface area contributed by atoms with Crippen LogP contribution < -0.4 is 10.0 Å². The van der Waals surface area contributed by atoms with Gasteiger partial charge in [0.25, 0.3) is 5.91 Å². The highest BCUT2D eigenvalue weighted by Crippen LogP contribution is 2.50. The van der Waals surface area contributed by atoms with Crippen LogP contribution in [0.3, 0.4) is 0 Å². The number of hydrogen-bond donors (Lipinski definition) is 3. The van der Waals surface area contributed by atoms with Crippen molar-refractivity contribution in [3.63, 3.8) is 0 Å². The van der Waals surface area contributed by atoms with Crippen molar-refractivity contribution in [2.24, 2.45) is 11.3 Å². The van der Waals surface area contributed by atoms with Crippen LogP contribution in [0.15, 0.2) is 67.3 Å². The van der Waals surface area contributed by atoms with Gasteiger partial charge in [0.05, 0.1) is 10.00 Å². The second-order valence-electron chi connectivity index (χ2n) is 17.1. The molecule has 1 aliphatic heterocycles. The number of carbonyl (C=O) groups is 4. The largest absolute Gasteiger partial charge is 0.465 e. The minimum Gasteiger partial charge on any atom is -0.465 e. The maximum Gasteiger partial charge on any atom is 0.408 e. The molecule has 2 aromatic rings. The zero-order valence-corrected chi connectivity index (χ0v) is 34.2. The van der Waals surface area contributed by atoms with Gasteiger partial charge in [-0.1, -0.05) is 94.8 Å². The number of hydrogen-bond acceptors (Lipinski definition) is 7. The molecule has 4 amide bonds. The summed E-state index contributed by atoms with van der Waals surface area (Å²) in [7, 11) is -3.90. The molecule has 2 aromatic carbocycles. The maximum atomic E-state index is 15.1. The first-order valence-electron chi connectivity index (χ1n) is 18.8. The normalized spacial score (nSPS) is 24.7. The lowest BCUT2D eigenvalue weighted by molar-refractivity contribution is -0.147. The smallest absolute Gasteiger partial charge is 0.408 e. The number of nitrogens with zero attached hydrogens (tertiary/aromatic N) is 2. The summed E-state index contributed by atoms with van der Waals surface area (Å²) >= 11 is 1.68. The van der Waals surface area contributed by atoms with Crippen molar-refractivity contribution < 1.29 is 32.7 Å². The van der Waals surface area contributed by atoms with Gasteiger partial charge in [0.1, 0.15) is 17.6 Å². The molecule has 3 N–H and O–H groups in total. The molecule has 1 heterocycles. The van der Waals surface area contributed by atoms with Crippen LogP contribution in [0.25, 0.3) is 11.1 Å². The molecule has 2 aliphatic carbocycles. The van der Waals surface area contributed by atoms with Gasteiger partial charge < -0.3 is 15.3 Å². The molecule has 0 unspecified atom stereocenters. The van der Waals surface area contributed by atoms with Crippen molar-refractivity contribution in [1.82, 2.24) is 19.8 Å². The van der Waals surface area contributed by atoms with Gasteiger partial charge in [-0.05, 0) is 80.7 Å². The van der Waals surface area contributed by atoms with Crippen molar-refractivity contribution in [1.29, 1.82) is 0 Å². The molecule has 5 atom stereocenters. The molecule has 3 aliphatic rings. The number of nitrogens with one attached hydrogen (secondary N) is 2. The van der Waals surface area contributed by atoms with Crippen LogP contribution in [0.1, 0.15) is 92.6 Å². The van der Waals surface area contributed by atoms with E-state index in [9.17, 15) is 27.9 Å². The molecule has 294 valence electrons. The van der Waals surface area contributed by atoms with Gasteiger partial charge in [-0.3, -0.25) is 24.0 Å². The standard InChI is InChI=1S/C41H56N4O7S2/c1-9-11-23-53-40(30-19-17-28(18-20-30)27-15-13-12-14-16-27)25-32(44(26-40)35(47)33(38(3,4)5)45(37(49)50)39(6,7)8)34(46)42-41(24-29(41)10-2)36(48)43-54(51,52)31-21-22-31/h10,12-20,29,31-33H,2,9,11,21-26H2,1,3-8H3,(H,42,46)(H,43,48)(H,49,50)/t29-,32+,33-,40+,41-/m1/s1. The fourth-order valence-electron chi connectivity index (χ4n) is 7.57. The average molecular weight is 781 g/mol. The van der Waals surface area contributed by atoms with Gasteiger partial charge in [-0.2, -0.15) is 0 Å². The maximum absolute atomic E-state index is 15.1. The van der Waals surface area contributed by atoms with Crippen molar-refractivity contribution in [3.05, 3.63) is 72.8 Å². The Kier molecular flexibility index (Phi) is 11.8. The molecule has 54 heavy (non-hydrogen) atoms. The van der Waals surface area contributed by atoms with Crippen molar-refractivity contribution in [2.45, 2.75) is 120 Å². The molecule has 2 saturated carbocycles. The number of carbonyl (C=O) groups excluding carboxylic acids is 3. The lowest BCUT2D eigenvalue weighted by Crippen LogP contribution is -2.64. The van der Waals surface area contributed by atoms with Gasteiger partial charge in [-0.25, -0.2) is 13.2 Å². The van der Waals surface area contributed by atoms with E-state index >= 15 is 4.79 Å². The summed E-state index contributed by atoms with van der Waals surface area (Å²) in [4.78, 5) is 59.2. The Hall–Kier alpha value is -3.84. The van der Waals surface area contributed by atoms with Crippen LogP contribution >= 0.6 is 11.8 Å². The third-order valence-electron chi connectivity index (χ3n) is 10.8. The predicted octanol–water partition coefficient (Wildman–Crippen LogP) is 6.55. The summed E-state index contributed by atoms with van der Waals surface area (Å²) in [5, 5.41) is 12.8. The molecule has 0 aromatic heterocycles. The molecule has 11 nitrogen and oxygen atoms in total. The molecule has 13 heteroatoms. The third kappa shape index (κ3) is 8.51. The highest BCUT2D eigenvalue weighted by atomic mass is 32.2. The minimum atomic E-state index is -3.90. The highest BCUT2D eigenvalue weighted by Gasteiger charge is 2.63. The lowest BCUT2D eigenvalue weighted by atomic mass is 9.82. The summed E-state index contributed by atoms with van der Waals surface area (Å²) < 4.78 is 27.1. The predicted molar refractivity (Wildman–Crippen MR) is 213 cm³/mol. The van der Waals surface area contributed by atoms with Gasteiger partial charge in [0.2, 0.25) is 21.8 Å². The number of likely N-dealkylation sites (tertiary alicyclic amines) is 1. The zero-order valence-electron chi connectivity index (χ0n) is 32.6. The second-order valence-corrected chi connectivity index (χ2v) is 20.5. The Morgan fingerprint density at radius 3 is 2.11 bits per heavy atom. The van der Waals surface area contributed by atoms with Crippen LogP contribution in [-0.4, -0.2) is 87.8 Å². The van der Waals surface area contributed by atoms with Crippen molar-refractivity contribution >= 4 is 45.6 Å². The second kappa shape index (κ2) is 15.4.